The Morgan fingerprint density at radius 2 is 1.54 bits per heavy atom. The molecule has 6 nitrogen and oxygen atoms in total. The number of hydrogen-bond acceptors (Lipinski definition) is 3. The molecular formula is C17H15F3N2O4. The minimum Gasteiger partial charge on any atom is -0.465 e. The topological polar surface area (TPSA) is 81.1 Å². The molecule has 0 spiro atoms. The highest BCUT2D eigenvalue weighted by Gasteiger charge is 2.19. The average molecular weight is 368 g/mol. The Morgan fingerprint density at radius 3 is 2.00 bits per heavy atom. The Balaban J connectivity index is 2.19. The maximum atomic E-state index is 13.7. The molecule has 2 aromatic carbocycles. The quantitative estimate of drug-likeness (QED) is 0.627. The molecule has 0 heterocycles. The van der Waals surface area contributed by atoms with Crippen molar-refractivity contribution in [2.45, 2.75) is 13.1 Å². The summed E-state index contributed by atoms with van der Waals surface area (Å²) in [5, 5.41) is 18.8. The molecule has 0 aromatic heterocycles. The molecule has 0 bridgehead atoms. The number of carboxylic acid groups (broad SMARTS) is 1. The lowest BCUT2D eigenvalue weighted by atomic mass is 10.1. The third kappa shape index (κ3) is 4.51. The number of hydrogen-bond donors (Lipinski definition) is 2. The van der Waals surface area contributed by atoms with E-state index in [0.29, 0.717) is 22.8 Å². The number of carbonyl (C=O) groups excluding carboxylic acids is 1. The van der Waals surface area contributed by atoms with E-state index < -0.39 is 41.6 Å². The van der Waals surface area contributed by atoms with Crippen LogP contribution in [0.1, 0.15) is 21.5 Å². The van der Waals surface area contributed by atoms with Crippen molar-refractivity contribution < 1.29 is 33.1 Å². The van der Waals surface area contributed by atoms with Gasteiger partial charge in [0.25, 0.3) is 5.91 Å². The van der Waals surface area contributed by atoms with Crippen LogP contribution in [0.4, 0.5) is 18.0 Å². The summed E-state index contributed by atoms with van der Waals surface area (Å²) >= 11 is 0. The van der Waals surface area contributed by atoms with Crippen LogP contribution in [0, 0.1) is 17.5 Å². The van der Waals surface area contributed by atoms with E-state index in [0.717, 1.165) is 11.9 Å². The molecule has 0 fully saturated rings. The average Bonchev–Trinajstić information content (AvgIpc) is 2.56. The lowest BCUT2D eigenvalue weighted by Gasteiger charge is -2.20. The maximum Gasteiger partial charge on any atom is 0.407 e. The van der Waals surface area contributed by atoms with Gasteiger partial charge >= 0.3 is 6.09 Å². The number of carbonyl (C=O) groups is 2. The van der Waals surface area contributed by atoms with Crippen LogP contribution in [0.3, 0.4) is 0 Å². The summed E-state index contributed by atoms with van der Waals surface area (Å²) in [5.74, 6) is -4.11. The van der Waals surface area contributed by atoms with Gasteiger partial charge in [0.1, 0.15) is 17.5 Å². The second kappa shape index (κ2) is 7.87. The molecular weight excluding hydrogens is 353 g/mol. The summed E-state index contributed by atoms with van der Waals surface area (Å²) in [6.07, 6.45) is -1.43. The van der Waals surface area contributed by atoms with Gasteiger partial charge in [0.2, 0.25) is 0 Å². The number of amides is 2. The van der Waals surface area contributed by atoms with Crippen molar-refractivity contribution in [1.29, 1.82) is 0 Å². The van der Waals surface area contributed by atoms with Gasteiger partial charge in [-0.05, 0) is 17.7 Å². The first-order chi connectivity index (χ1) is 12.2. The second-order valence-corrected chi connectivity index (χ2v) is 5.51. The Hall–Kier alpha value is -3.07. The molecule has 9 heteroatoms. The van der Waals surface area contributed by atoms with Crippen molar-refractivity contribution in [1.82, 2.24) is 9.96 Å². The van der Waals surface area contributed by atoms with Gasteiger partial charge in [-0.25, -0.2) is 23.0 Å². The second-order valence-electron chi connectivity index (χ2n) is 5.51. The van der Waals surface area contributed by atoms with Gasteiger partial charge in [0, 0.05) is 36.9 Å². The van der Waals surface area contributed by atoms with E-state index in [2.05, 4.69) is 0 Å². The lowest BCUT2D eigenvalue weighted by Crippen LogP contribution is -2.29. The highest BCUT2D eigenvalue weighted by molar-refractivity contribution is 5.93. The number of benzene rings is 2. The Bertz CT molecular complexity index is 802. The fourth-order valence-corrected chi connectivity index (χ4v) is 2.27. The third-order valence-corrected chi connectivity index (χ3v) is 3.59. The van der Waals surface area contributed by atoms with Crippen molar-refractivity contribution in [2.24, 2.45) is 0 Å². The number of nitrogens with zero attached hydrogens (tertiary/aromatic N) is 2. The van der Waals surface area contributed by atoms with Crippen LogP contribution in [-0.4, -0.2) is 39.3 Å². The fourth-order valence-electron chi connectivity index (χ4n) is 2.27. The standard InChI is InChI=1S/C17H15F3N2O4/c1-21(26)16(23)11-4-2-10(3-5-11)8-22(17(24)25)9-13-14(19)6-12(18)7-15(13)20/h2-7,26H,8-9H2,1H3,(H,24,25). The van der Waals surface area contributed by atoms with Gasteiger partial charge in [-0.15, -0.1) is 0 Å². The summed E-state index contributed by atoms with van der Waals surface area (Å²) in [6, 6.07) is 6.61. The summed E-state index contributed by atoms with van der Waals surface area (Å²) in [6.45, 7) is -0.831. The molecule has 2 N–H and O–H groups in total. The normalized spacial score (nSPS) is 10.5. The van der Waals surface area contributed by atoms with E-state index in [1.807, 2.05) is 0 Å². The largest absolute Gasteiger partial charge is 0.465 e. The van der Waals surface area contributed by atoms with Crippen LogP contribution < -0.4 is 0 Å². The van der Waals surface area contributed by atoms with Crippen molar-refractivity contribution in [3.05, 3.63) is 70.5 Å². The maximum absolute atomic E-state index is 13.7. The molecule has 2 rings (SSSR count). The van der Waals surface area contributed by atoms with Gasteiger partial charge in [0.05, 0.1) is 6.54 Å². The predicted molar refractivity (Wildman–Crippen MR) is 83.9 cm³/mol. The Morgan fingerprint density at radius 1 is 1.00 bits per heavy atom. The molecule has 0 aliphatic carbocycles. The molecule has 26 heavy (non-hydrogen) atoms. The summed E-state index contributed by atoms with van der Waals surface area (Å²) < 4.78 is 40.4. The van der Waals surface area contributed by atoms with Gasteiger partial charge in [-0.2, -0.15) is 0 Å². The molecule has 138 valence electrons. The summed E-state index contributed by atoms with van der Waals surface area (Å²) in [7, 11) is 1.16. The van der Waals surface area contributed by atoms with Crippen LogP contribution in [-0.2, 0) is 13.1 Å². The van der Waals surface area contributed by atoms with Crippen LogP contribution in [0.2, 0.25) is 0 Å². The van der Waals surface area contributed by atoms with E-state index in [1.165, 1.54) is 24.3 Å². The molecule has 0 aliphatic heterocycles. The fraction of sp³-hybridized carbons (Fsp3) is 0.176. The monoisotopic (exact) mass is 368 g/mol. The van der Waals surface area contributed by atoms with Crippen molar-refractivity contribution in [2.75, 3.05) is 7.05 Å². The van der Waals surface area contributed by atoms with E-state index in [9.17, 15) is 27.9 Å². The minimum absolute atomic E-state index is 0.177. The van der Waals surface area contributed by atoms with Crippen LogP contribution in [0.15, 0.2) is 36.4 Å². The summed E-state index contributed by atoms with van der Waals surface area (Å²) in [4.78, 5) is 23.7. The van der Waals surface area contributed by atoms with E-state index in [1.54, 1.807) is 0 Å². The zero-order valence-electron chi connectivity index (χ0n) is 13.6. The molecule has 2 amide bonds. The molecule has 0 unspecified atom stereocenters. The molecule has 0 radical (unpaired) electrons. The van der Waals surface area contributed by atoms with E-state index >= 15 is 0 Å². The van der Waals surface area contributed by atoms with Crippen LogP contribution >= 0.6 is 0 Å². The number of halogens is 3. The molecule has 0 atom stereocenters. The number of rotatable bonds is 5. The smallest absolute Gasteiger partial charge is 0.407 e. The van der Waals surface area contributed by atoms with Gasteiger partial charge in [-0.3, -0.25) is 14.9 Å². The number of hydroxylamine groups is 2. The van der Waals surface area contributed by atoms with Crippen LogP contribution in [0.5, 0.6) is 0 Å². The van der Waals surface area contributed by atoms with Crippen molar-refractivity contribution >= 4 is 12.0 Å². The van der Waals surface area contributed by atoms with Crippen molar-refractivity contribution in [3.63, 3.8) is 0 Å². The van der Waals surface area contributed by atoms with Crippen LogP contribution in [0.25, 0.3) is 0 Å². The van der Waals surface area contributed by atoms with E-state index in [4.69, 9.17) is 5.21 Å². The highest BCUT2D eigenvalue weighted by atomic mass is 19.1. The molecule has 0 aliphatic rings. The first-order valence-corrected chi connectivity index (χ1v) is 7.36. The van der Waals surface area contributed by atoms with E-state index in [-0.39, 0.29) is 12.1 Å². The third-order valence-electron chi connectivity index (χ3n) is 3.59. The van der Waals surface area contributed by atoms with Gasteiger partial charge in [0.15, 0.2) is 0 Å². The molecule has 0 saturated heterocycles. The Labute approximate surface area is 146 Å². The Kier molecular flexibility index (Phi) is 5.83. The molecule has 0 saturated carbocycles. The SMILES string of the molecule is CN(O)C(=O)c1ccc(CN(Cc2c(F)cc(F)cc2F)C(=O)O)cc1. The summed E-state index contributed by atoms with van der Waals surface area (Å²) in [5.41, 5.74) is 0.0613. The zero-order chi connectivity index (χ0) is 19.4. The molecule has 2 aromatic rings. The first kappa shape index (κ1) is 19.3. The predicted octanol–water partition coefficient (Wildman–Crippen LogP) is 3.25. The zero-order valence-corrected chi connectivity index (χ0v) is 13.6. The lowest BCUT2D eigenvalue weighted by molar-refractivity contribution is -0.0374. The van der Waals surface area contributed by atoms with Crippen molar-refractivity contribution in [3.8, 4) is 0 Å². The minimum atomic E-state index is -1.43. The van der Waals surface area contributed by atoms with Gasteiger partial charge < -0.3 is 5.11 Å². The highest BCUT2D eigenvalue weighted by Crippen LogP contribution is 2.19. The first-order valence-electron chi connectivity index (χ1n) is 7.36. The van der Waals surface area contributed by atoms with Gasteiger partial charge in [-0.1, -0.05) is 12.1 Å².